The second-order valence-electron chi connectivity index (χ2n) is 6.71. The maximum absolute atomic E-state index is 3.73. The number of allylic oxidation sites excluding steroid dienone is 4. The van der Waals surface area contributed by atoms with Gasteiger partial charge in [-0.1, -0.05) is 57.7 Å². The van der Waals surface area contributed by atoms with Gasteiger partial charge in [0.25, 0.3) is 0 Å². The molecule has 2 aromatic rings. The van der Waals surface area contributed by atoms with Crippen molar-refractivity contribution >= 4 is 25.1 Å². The van der Waals surface area contributed by atoms with E-state index in [9.17, 15) is 0 Å². The van der Waals surface area contributed by atoms with Gasteiger partial charge >= 0.3 is 0 Å². The Balaban J connectivity index is 2.17. The quantitative estimate of drug-likeness (QED) is 0.429. The number of benzene rings is 2. The number of aryl methyl sites for hydroxylation is 3. The highest BCUT2D eigenvalue weighted by Crippen LogP contribution is 2.27. The third-order valence-electron chi connectivity index (χ3n) is 4.54. The van der Waals surface area contributed by atoms with Crippen LogP contribution in [-0.4, -0.2) is 0 Å². The van der Waals surface area contributed by atoms with Gasteiger partial charge in [-0.15, -0.1) is 0 Å². The third-order valence-corrected chi connectivity index (χ3v) is 6.27. The van der Waals surface area contributed by atoms with Crippen LogP contribution in [0.1, 0.15) is 41.7 Å². The van der Waals surface area contributed by atoms with Gasteiger partial charge in [-0.2, -0.15) is 0 Å². The summed E-state index contributed by atoms with van der Waals surface area (Å²) in [5, 5.41) is 4.68. The average Bonchev–Trinajstić information content (AvgIpc) is 2.61. The Morgan fingerprint density at radius 3 is 2.35 bits per heavy atom. The van der Waals surface area contributed by atoms with Crippen molar-refractivity contribution in [3.05, 3.63) is 89.2 Å². The van der Waals surface area contributed by atoms with E-state index in [-0.39, 0.29) is 0 Å². The van der Waals surface area contributed by atoms with Crippen LogP contribution in [0.25, 0.3) is 5.57 Å². The molecule has 1 nitrogen and oxygen atoms in total. The summed E-state index contributed by atoms with van der Waals surface area (Å²) in [7, 11) is 0.791. The molecule has 136 valence electrons. The SMILES string of the molecule is C=CNc1ccc(CPc2c(C)cc(/C(C)=C/C=C\C)cc2C)cc1C. The molecular formula is C24H30NP. The zero-order valence-electron chi connectivity index (χ0n) is 16.6. The van der Waals surface area contributed by atoms with Crippen LogP contribution in [-0.2, 0) is 6.16 Å². The number of anilines is 1. The first kappa shape index (κ1) is 20.2. The second kappa shape index (κ2) is 9.55. The number of hydrogen-bond donors (Lipinski definition) is 1. The summed E-state index contributed by atoms with van der Waals surface area (Å²) in [5.41, 5.74) is 9.21. The standard InChI is InChI=1S/C24H30NP/c1-7-9-10-17(3)22-14-19(5)24(20(6)15-22)26-16-21-11-12-23(25-8-2)18(4)13-21/h7-15,25-26H,2,16H2,1,3-6H3/b9-7-,17-10+. The van der Waals surface area contributed by atoms with Crippen LogP contribution in [0.4, 0.5) is 5.69 Å². The predicted octanol–water partition coefficient (Wildman–Crippen LogP) is 6.65. The van der Waals surface area contributed by atoms with E-state index in [4.69, 9.17) is 0 Å². The molecule has 26 heavy (non-hydrogen) atoms. The first-order chi connectivity index (χ1) is 12.5. The van der Waals surface area contributed by atoms with E-state index in [1.807, 2.05) is 6.92 Å². The van der Waals surface area contributed by atoms with Crippen molar-refractivity contribution < 1.29 is 0 Å². The van der Waals surface area contributed by atoms with Crippen LogP contribution in [0, 0.1) is 20.8 Å². The largest absolute Gasteiger partial charge is 0.362 e. The lowest BCUT2D eigenvalue weighted by Crippen LogP contribution is -2.07. The zero-order valence-corrected chi connectivity index (χ0v) is 17.6. The van der Waals surface area contributed by atoms with Gasteiger partial charge in [-0.05, 0) is 91.7 Å². The summed E-state index contributed by atoms with van der Waals surface area (Å²) in [4.78, 5) is 0. The lowest BCUT2D eigenvalue weighted by molar-refractivity contribution is 1.34. The summed E-state index contributed by atoms with van der Waals surface area (Å²) in [5.74, 6) is 0. The van der Waals surface area contributed by atoms with Crippen LogP contribution in [0.15, 0.2) is 61.3 Å². The fourth-order valence-corrected chi connectivity index (χ4v) is 4.41. The van der Waals surface area contributed by atoms with Gasteiger partial charge in [0.15, 0.2) is 0 Å². The Hall–Kier alpha value is -2.11. The molecule has 2 heteroatoms. The van der Waals surface area contributed by atoms with Gasteiger partial charge in [0.2, 0.25) is 0 Å². The normalized spacial score (nSPS) is 12.3. The molecule has 0 fully saturated rings. The van der Waals surface area contributed by atoms with Crippen LogP contribution in [0.3, 0.4) is 0 Å². The fraction of sp³-hybridized carbons (Fsp3) is 0.250. The third kappa shape index (κ3) is 5.19. The summed E-state index contributed by atoms with van der Waals surface area (Å²) >= 11 is 0. The minimum atomic E-state index is 0.791. The van der Waals surface area contributed by atoms with Crippen molar-refractivity contribution in [2.75, 3.05) is 5.32 Å². The first-order valence-electron chi connectivity index (χ1n) is 9.08. The van der Waals surface area contributed by atoms with E-state index in [0.717, 1.165) is 20.4 Å². The molecule has 1 N–H and O–H groups in total. The molecule has 0 radical (unpaired) electrons. The molecule has 0 bridgehead atoms. The van der Waals surface area contributed by atoms with E-state index in [1.54, 1.807) is 6.20 Å². The zero-order chi connectivity index (χ0) is 19.1. The fourth-order valence-electron chi connectivity index (χ4n) is 3.10. The van der Waals surface area contributed by atoms with Crippen molar-refractivity contribution in [3.63, 3.8) is 0 Å². The van der Waals surface area contributed by atoms with Crippen molar-refractivity contribution in [2.45, 2.75) is 40.8 Å². The summed E-state index contributed by atoms with van der Waals surface area (Å²) in [6.07, 6.45) is 9.16. The molecule has 0 saturated heterocycles. The van der Waals surface area contributed by atoms with Gasteiger partial charge < -0.3 is 5.32 Å². The Kier molecular flexibility index (Phi) is 7.42. The molecule has 0 amide bonds. The van der Waals surface area contributed by atoms with Gasteiger partial charge in [0.1, 0.15) is 0 Å². The highest BCUT2D eigenvalue weighted by molar-refractivity contribution is 7.46. The van der Waals surface area contributed by atoms with Crippen LogP contribution < -0.4 is 10.6 Å². The maximum Gasteiger partial charge on any atom is 0.0409 e. The van der Waals surface area contributed by atoms with Crippen LogP contribution >= 0.6 is 8.58 Å². The van der Waals surface area contributed by atoms with Crippen molar-refractivity contribution in [3.8, 4) is 0 Å². The van der Waals surface area contributed by atoms with E-state index in [2.05, 4.69) is 88.2 Å². The summed E-state index contributed by atoms with van der Waals surface area (Å²) in [6, 6.07) is 11.3. The Morgan fingerprint density at radius 1 is 1.08 bits per heavy atom. The topological polar surface area (TPSA) is 12.0 Å². The number of rotatable bonds is 7. The molecule has 2 rings (SSSR count). The molecule has 1 unspecified atom stereocenters. The minimum absolute atomic E-state index is 0.791. The van der Waals surface area contributed by atoms with Gasteiger partial charge in [0, 0.05) is 5.69 Å². The molecule has 0 aliphatic rings. The summed E-state index contributed by atoms with van der Waals surface area (Å²) < 4.78 is 0. The highest BCUT2D eigenvalue weighted by Gasteiger charge is 2.07. The monoisotopic (exact) mass is 363 g/mol. The lowest BCUT2D eigenvalue weighted by atomic mass is 10.0. The molecule has 0 spiro atoms. The Morgan fingerprint density at radius 2 is 1.77 bits per heavy atom. The number of hydrogen-bond acceptors (Lipinski definition) is 1. The van der Waals surface area contributed by atoms with Crippen molar-refractivity contribution in [1.29, 1.82) is 0 Å². The molecule has 0 aliphatic heterocycles. The highest BCUT2D eigenvalue weighted by atomic mass is 31.1. The second-order valence-corrected chi connectivity index (χ2v) is 7.92. The molecule has 0 heterocycles. The molecule has 0 saturated carbocycles. The smallest absolute Gasteiger partial charge is 0.0409 e. The van der Waals surface area contributed by atoms with Gasteiger partial charge in [-0.3, -0.25) is 0 Å². The molecule has 0 aromatic heterocycles. The van der Waals surface area contributed by atoms with Crippen LogP contribution in [0.2, 0.25) is 0 Å². The lowest BCUT2D eigenvalue weighted by Gasteiger charge is -2.14. The van der Waals surface area contributed by atoms with E-state index >= 15 is 0 Å². The van der Waals surface area contributed by atoms with E-state index in [0.29, 0.717) is 0 Å². The van der Waals surface area contributed by atoms with Gasteiger partial charge in [-0.25, -0.2) is 0 Å². The van der Waals surface area contributed by atoms with Crippen molar-refractivity contribution in [2.24, 2.45) is 0 Å². The van der Waals surface area contributed by atoms with Crippen molar-refractivity contribution in [1.82, 2.24) is 0 Å². The number of nitrogens with one attached hydrogen (secondary N) is 1. The minimum Gasteiger partial charge on any atom is -0.362 e. The average molecular weight is 363 g/mol. The van der Waals surface area contributed by atoms with E-state index < -0.39 is 0 Å². The molecule has 0 aliphatic carbocycles. The molecular weight excluding hydrogens is 333 g/mol. The summed E-state index contributed by atoms with van der Waals surface area (Å²) in [6.45, 7) is 14.6. The maximum atomic E-state index is 3.73. The Bertz CT molecular complexity index is 820. The van der Waals surface area contributed by atoms with Gasteiger partial charge in [0.05, 0.1) is 0 Å². The molecule has 2 aromatic carbocycles. The predicted molar refractivity (Wildman–Crippen MR) is 121 cm³/mol. The molecule has 1 atom stereocenters. The Labute approximate surface area is 160 Å². The van der Waals surface area contributed by atoms with Crippen LogP contribution in [0.5, 0.6) is 0 Å². The first-order valence-corrected chi connectivity index (χ1v) is 10.3. The van der Waals surface area contributed by atoms with E-state index in [1.165, 1.54) is 38.7 Å².